The highest BCUT2D eigenvalue weighted by Gasteiger charge is 2.27. The van der Waals surface area contributed by atoms with Crippen molar-refractivity contribution in [3.8, 4) is 0 Å². The first kappa shape index (κ1) is 13.2. The predicted octanol–water partition coefficient (Wildman–Crippen LogP) is -0.176. The number of hydrogen-bond donors (Lipinski definition) is 3. The van der Waals surface area contributed by atoms with Gasteiger partial charge < -0.3 is 16.8 Å². The molecule has 0 fully saturated rings. The zero-order chi connectivity index (χ0) is 11.2. The predicted molar refractivity (Wildman–Crippen MR) is 49.9 cm³/mol. The van der Waals surface area contributed by atoms with Gasteiger partial charge in [-0.15, -0.1) is 0 Å². The molecule has 0 aliphatic heterocycles. The molecule has 1 amide bonds. The van der Waals surface area contributed by atoms with Gasteiger partial charge in [-0.25, -0.2) is 8.78 Å². The molecule has 0 saturated carbocycles. The molecular weight excluding hydrogens is 192 g/mol. The number of amides is 1. The fourth-order valence-corrected chi connectivity index (χ4v) is 0.862. The molecule has 0 bridgehead atoms. The number of carbonyl (C=O) groups excluding carboxylic acids is 1. The standard InChI is InChI=1S/C8H17F2N3O/c1-2-3-6(12)7(14)13-5-8(9,10)4-11/h6H,2-5,11-12H2,1H3,(H,13,14). The van der Waals surface area contributed by atoms with E-state index in [0.29, 0.717) is 6.42 Å². The third-order valence-electron chi connectivity index (χ3n) is 1.76. The Balaban J connectivity index is 3.84. The summed E-state index contributed by atoms with van der Waals surface area (Å²) in [5.74, 6) is -3.61. The molecule has 0 radical (unpaired) electrons. The number of carbonyl (C=O) groups is 1. The number of rotatable bonds is 6. The number of halogens is 2. The van der Waals surface area contributed by atoms with Gasteiger partial charge >= 0.3 is 0 Å². The number of nitrogens with two attached hydrogens (primary N) is 2. The van der Waals surface area contributed by atoms with Gasteiger partial charge in [-0.1, -0.05) is 13.3 Å². The molecule has 0 aromatic carbocycles. The Bertz CT molecular complexity index is 187. The van der Waals surface area contributed by atoms with E-state index in [2.05, 4.69) is 5.32 Å². The summed E-state index contributed by atoms with van der Waals surface area (Å²) in [5, 5.41) is 2.06. The van der Waals surface area contributed by atoms with Crippen LogP contribution in [0.5, 0.6) is 0 Å². The van der Waals surface area contributed by atoms with Crippen LogP contribution in [0.2, 0.25) is 0 Å². The van der Waals surface area contributed by atoms with Crippen LogP contribution in [0, 0.1) is 0 Å². The van der Waals surface area contributed by atoms with Crippen molar-refractivity contribution >= 4 is 5.91 Å². The second-order valence-electron chi connectivity index (χ2n) is 3.17. The van der Waals surface area contributed by atoms with Crippen LogP contribution in [0.4, 0.5) is 8.78 Å². The van der Waals surface area contributed by atoms with Crippen molar-refractivity contribution in [2.45, 2.75) is 31.7 Å². The van der Waals surface area contributed by atoms with Crippen LogP contribution in [-0.4, -0.2) is 31.0 Å². The van der Waals surface area contributed by atoms with Crippen molar-refractivity contribution in [1.29, 1.82) is 0 Å². The van der Waals surface area contributed by atoms with E-state index >= 15 is 0 Å². The van der Waals surface area contributed by atoms with Crippen LogP contribution >= 0.6 is 0 Å². The summed E-state index contributed by atoms with van der Waals surface area (Å²) in [5.41, 5.74) is 10.2. The van der Waals surface area contributed by atoms with Gasteiger partial charge in [0.1, 0.15) is 0 Å². The topological polar surface area (TPSA) is 81.1 Å². The monoisotopic (exact) mass is 209 g/mol. The maximum atomic E-state index is 12.6. The molecule has 0 saturated heterocycles. The van der Waals surface area contributed by atoms with E-state index in [0.717, 1.165) is 6.42 Å². The first-order valence-corrected chi connectivity index (χ1v) is 4.54. The molecule has 0 rings (SSSR count). The van der Waals surface area contributed by atoms with E-state index in [1.54, 1.807) is 0 Å². The van der Waals surface area contributed by atoms with Crippen molar-refractivity contribution in [2.24, 2.45) is 11.5 Å². The lowest BCUT2D eigenvalue weighted by Crippen LogP contribution is -2.47. The van der Waals surface area contributed by atoms with E-state index in [-0.39, 0.29) is 0 Å². The second-order valence-corrected chi connectivity index (χ2v) is 3.17. The van der Waals surface area contributed by atoms with Crippen molar-refractivity contribution in [3.05, 3.63) is 0 Å². The molecule has 0 heterocycles. The van der Waals surface area contributed by atoms with Gasteiger partial charge in [-0.2, -0.15) is 0 Å². The average Bonchev–Trinajstić information content (AvgIpc) is 2.15. The number of hydrogen-bond acceptors (Lipinski definition) is 3. The molecule has 0 aromatic heterocycles. The zero-order valence-electron chi connectivity index (χ0n) is 8.22. The van der Waals surface area contributed by atoms with E-state index in [1.807, 2.05) is 6.92 Å². The summed E-state index contributed by atoms with van der Waals surface area (Å²) < 4.78 is 25.2. The lowest BCUT2D eigenvalue weighted by molar-refractivity contribution is -0.124. The average molecular weight is 209 g/mol. The molecule has 1 unspecified atom stereocenters. The van der Waals surface area contributed by atoms with Crippen molar-refractivity contribution in [3.63, 3.8) is 0 Å². The molecule has 14 heavy (non-hydrogen) atoms. The minimum absolute atomic E-state index is 0.486. The normalized spacial score (nSPS) is 13.8. The van der Waals surface area contributed by atoms with Gasteiger partial charge in [-0.3, -0.25) is 4.79 Å². The third kappa shape index (κ3) is 5.08. The molecule has 0 aliphatic rings. The number of alkyl halides is 2. The maximum Gasteiger partial charge on any atom is 0.277 e. The maximum absolute atomic E-state index is 12.6. The van der Waals surface area contributed by atoms with Crippen LogP contribution in [0.1, 0.15) is 19.8 Å². The van der Waals surface area contributed by atoms with Crippen molar-refractivity contribution in [1.82, 2.24) is 5.32 Å². The van der Waals surface area contributed by atoms with Gasteiger partial charge in [0, 0.05) is 0 Å². The molecule has 0 spiro atoms. The molecule has 1 atom stereocenters. The quantitative estimate of drug-likeness (QED) is 0.568. The van der Waals surface area contributed by atoms with E-state index < -0.39 is 31.0 Å². The highest BCUT2D eigenvalue weighted by molar-refractivity contribution is 5.81. The fourth-order valence-electron chi connectivity index (χ4n) is 0.862. The molecule has 84 valence electrons. The van der Waals surface area contributed by atoms with Crippen molar-refractivity contribution < 1.29 is 13.6 Å². The first-order chi connectivity index (χ1) is 6.43. The minimum atomic E-state index is -3.05. The van der Waals surface area contributed by atoms with Crippen LogP contribution in [0.3, 0.4) is 0 Å². The summed E-state index contributed by atoms with van der Waals surface area (Å²) in [7, 11) is 0. The van der Waals surface area contributed by atoms with Crippen LogP contribution in [0.25, 0.3) is 0 Å². The third-order valence-corrected chi connectivity index (χ3v) is 1.76. The highest BCUT2D eigenvalue weighted by atomic mass is 19.3. The van der Waals surface area contributed by atoms with Gasteiger partial charge in [0.15, 0.2) is 0 Å². The van der Waals surface area contributed by atoms with Crippen LogP contribution in [0.15, 0.2) is 0 Å². The van der Waals surface area contributed by atoms with Gasteiger partial charge in [0.25, 0.3) is 5.92 Å². The van der Waals surface area contributed by atoms with E-state index in [1.165, 1.54) is 0 Å². The SMILES string of the molecule is CCCC(N)C(=O)NCC(F)(F)CN. The molecule has 6 heteroatoms. The van der Waals surface area contributed by atoms with E-state index in [4.69, 9.17) is 11.5 Å². The fraction of sp³-hybridized carbons (Fsp3) is 0.875. The Morgan fingerprint density at radius 2 is 2.14 bits per heavy atom. The first-order valence-electron chi connectivity index (χ1n) is 4.54. The molecule has 0 aliphatic carbocycles. The van der Waals surface area contributed by atoms with Crippen LogP contribution < -0.4 is 16.8 Å². The largest absolute Gasteiger partial charge is 0.349 e. The Hall–Kier alpha value is -0.750. The smallest absolute Gasteiger partial charge is 0.277 e. The second kappa shape index (κ2) is 5.87. The Morgan fingerprint density at radius 3 is 2.57 bits per heavy atom. The highest BCUT2D eigenvalue weighted by Crippen LogP contribution is 2.08. The Kier molecular flexibility index (Phi) is 5.56. The van der Waals surface area contributed by atoms with Gasteiger partial charge in [-0.05, 0) is 6.42 Å². The van der Waals surface area contributed by atoms with Gasteiger partial charge in [0.05, 0.1) is 19.1 Å². The Morgan fingerprint density at radius 1 is 1.57 bits per heavy atom. The van der Waals surface area contributed by atoms with Crippen molar-refractivity contribution in [2.75, 3.05) is 13.1 Å². The summed E-state index contributed by atoms with van der Waals surface area (Å²) in [6, 6.07) is -0.714. The van der Waals surface area contributed by atoms with Crippen LogP contribution in [-0.2, 0) is 4.79 Å². The molecule has 0 aromatic rings. The van der Waals surface area contributed by atoms with Gasteiger partial charge in [0.2, 0.25) is 5.91 Å². The Labute approximate surface area is 82.0 Å². The molecule has 5 N–H and O–H groups in total. The molecular formula is C8H17F2N3O. The summed E-state index contributed by atoms with van der Waals surface area (Å²) in [6.45, 7) is 0.331. The lowest BCUT2D eigenvalue weighted by Gasteiger charge is -2.16. The summed E-state index contributed by atoms with van der Waals surface area (Å²) in [6.07, 6.45) is 1.22. The summed E-state index contributed by atoms with van der Waals surface area (Å²) in [4.78, 5) is 11.1. The summed E-state index contributed by atoms with van der Waals surface area (Å²) >= 11 is 0. The zero-order valence-corrected chi connectivity index (χ0v) is 8.22. The lowest BCUT2D eigenvalue weighted by atomic mass is 10.1. The minimum Gasteiger partial charge on any atom is -0.349 e. The van der Waals surface area contributed by atoms with E-state index in [9.17, 15) is 13.6 Å². The molecule has 4 nitrogen and oxygen atoms in total. The number of nitrogens with one attached hydrogen (secondary N) is 1.